The summed E-state index contributed by atoms with van der Waals surface area (Å²) in [6.07, 6.45) is 9.52. The molecule has 1 fully saturated rings. The van der Waals surface area contributed by atoms with Gasteiger partial charge in [0, 0.05) is 18.2 Å². The fraction of sp³-hybridized carbons (Fsp3) is 0.765. The lowest BCUT2D eigenvalue weighted by Gasteiger charge is -2.27. The summed E-state index contributed by atoms with van der Waals surface area (Å²) in [7, 11) is 0. The molecule has 1 aromatic heterocycles. The third-order valence-corrected chi connectivity index (χ3v) is 4.88. The zero-order chi connectivity index (χ0) is 14.5. The predicted octanol–water partition coefficient (Wildman–Crippen LogP) is 4.18. The Morgan fingerprint density at radius 1 is 1.45 bits per heavy atom. The smallest absolute Gasteiger partial charge is 0.141 e. The summed E-state index contributed by atoms with van der Waals surface area (Å²) in [6, 6.07) is 2.42. The second kappa shape index (κ2) is 7.05. The van der Waals surface area contributed by atoms with Gasteiger partial charge in [0.15, 0.2) is 0 Å². The SMILES string of the molecule is CCC1CCCC(C(=O)Cc2ccn(C(C)CC)n2)C1. The highest BCUT2D eigenvalue weighted by atomic mass is 16.1. The van der Waals surface area contributed by atoms with E-state index in [1.807, 2.05) is 16.9 Å². The highest BCUT2D eigenvalue weighted by molar-refractivity contribution is 5.82. The van der Waals surface area contributed by atoms with Gasteiger partial charge >= 0.3 is 0 Å². The molecule has 0 aliphatic heterocycles. The van der Waals surface area contributed by atoms with Crippen molar-refractivity contribution in [1.82, 2.24) is 9.78 Å². The number of aromatic nitrogens is 2. The van der Waals surface area contributed by atoms with E-state index in [4.69, 9.17) is 0 Å². The molecular weight excluding hydrogens is 248 g/mol. The van der Waals surface area contributed by atoms with Crippen molar-refractivity contribution in [3.63, 3.8) is 0 Å². The number of nitrogens with zero attached hydrogens (tertiary/aromatic N) is 2. The molecule has 1 aliphatic carbocycles. The number of Topliss-reactive ketones (excluding diaryl/α,β-unsaturated/α-hetero) is 1. The molecule has 1 aliphatic rings. The lowest BCUT2D eigenvalue weighted by molar-refractivity contribution is -0.123. The molecule has 3 unspecified atom stereocenters. The summed E-state index contributed by atoms with van der Waals surface area (Å²) < 4.78 is 1.98. The number of rotatable bonds is 6. The standard InChI is InChI=1S/C17H28N2O/c1-4-13(3)19-10-9-16(18-19)12-17(20)15-8-6-7-14(5-2)11-15/h9-10,13-15H,4-8,11-12H2,1-3H3. The van der Waals surface area contributed by atoms with E-state index in [-0.39, 0.29) is 5.92 Å². The highest BCUT2D eigenvalue weighted by Gasteiger charge is 2.26. The van der Waals surface area contributed by atoms with E-state index in [1.165, 1.54) is 19.3 Å². The maximum atomic E-state index is 12.4. The molecule has 3 atom stereocenters. The van der Waals surface area contributed by atoms with E-state index in [9.17, 15) is 4.79 Å². The molecule has 0 spiro atoms. The van der Waals surface area contributed by atoms with Crippen LogP contribution in [0.1, 0.15) is 71.0 Å². The van der Waals surface area contributed by atoms with E-state index in [0.717, 1.165) is 30.9 Å². The second-order valence-corrected chi connectivity index (χ2v) is 6.33. The Bertz CT molecular complexity index is 438. The summed E-state index contributed by atoms with van der Waals surface area (Å²) in [5, 5.41) is 4.55. The van der Waals surface area contributed by atoms with Gasteiger partial charge in [-0.05, 0) is 38.2 Å². The van der Waals surface area contributed by atoms with Crippen molar-refractivity contribution in [3.05, 3.63) is 18.0 Å². The van der Waals surface area contributed by atoms with Gasteiger partial charge in [-0.15, -0.1) is 0 Å². The van der Waals surface area contributed by atoms with Gasteiger partial charge in [-0.3, -0.25) is 9.48 Å². The Balaban J connectivity index is 1.92. The zero-order valence-electron chi connectivity index (χ0n) is 13.1. The van der Waals surface area contributed by atoms with Crippen molar-refractivity contribution in [2.24, 2.45) is 11.8 Å². The zero-order valence-corrected chi connectivity index (χ0v) is 13.1. The van der Waals surface area contributed by atoms with Gasteiger partial charge in [-0.1, -0.05) is 33.1 Å². The molecule has 2 rings (SSSR count). The molecule has 0 N–H and O–H groups in total. The molecule has 112 valence electrons. The maximum Gasteiger partial charge on any atom is 0.141 e. The molecule has 0 aromatic carbocycles. The summed E-state index contributed by atoms with van der Waals surface area (Å²) in [5.41, 5.74) is 0.939. The molecule has 0 amide bonds. The first-order valence-corrected chi connectivity index (χ1v) is 8.20. The van der Waals surface area contributed by atoms with Crippen LogP contribution < -0.4 is 0 Å². The molecule has 20 heavy (non-hydrogen) atoms. The minimum atomic E-state index is 0.280. The summed E-state index contributed by atoms with van der Waals surface area (Å²) >= 11 is 0. The quantitative estimate of drug-likeness (QED) is 0.781. The van der Waals surface area contributed by atoms with E-state index in [0.29, 0.717) is 18.2 Å². The summed E-state index contributed by atoms with van der Waals surface area (Å²) in [6.45, 7) is 6.56. The average molecular weight is 276 g/mol. The van der Waals surface area contributed by atoms with Crippen LogP contribution in [0, 0.1) is 11.8 Å². The van der Waals surface area contributed by atoms with Crippen molar-refractivity contribution >= 4 is 5.78 Å². The van der Waals surface area contributed by atoms with E-state index < -0.39 is 0 Å². The van der Waals surface area contributed by atoms with Crippen LogP contribution in [-0.2, 0) is 11.2 Å². The van der Waals surface area contributed by atoms with Gasteiger partial charge in [0.25, 0.3) is 0 Å². The minimum absolute atomic E-state index is 0.280. The minimum Gasteiger partial charge on any atom is -0.299 e. The van der Waals surface area contributed by atoms with Gasteiger partial charge in [-0.25, -0.2) is 0 Å². The van der Waals surface area contributed by atoms with Gasteiger partial charge in [0.05, 0.1) is 12.1 Å². The number of carbonyl (C=O) groups is 1. The van der Waals surface area contributed by atoms with Gasteiger partial charge in [0.2, 0.25) is 0 Å². The van der Waals surface area contributed by atoms with Crippen LogP contribution in [0.3, 0.4) is 0 Å². The van der Waals surface area contributed by atoms with Crippen molar-refractivity contribution < 1.29 is 4.79 Å². The largest absolute Gasteiger partial charge is 0.299 e. The van der Waals surface area contributed by atoms with Crippen LogP contribution >= 0.6 is 0 Å². The Morgan fingerprint density at radius 3 is 2.95 bits per heavy atom. The number of hydrogen-bond donors (Lipinski definition) is 0. The van der Waals surface area contributed by atoms with Crippen molar-refractivity contribution in [3.8, 4) is 0 Å². The monoisotopic (exact) mass is 276 g/mol. The Kier molecular flexibility index (Phi) is 5.38. The fourth-order valence-corrected chi connectivity index (χ4v) is 3.18. The lowest BCUT2D eigenvalue weighted by atomic mass is 9.77. The summed E-state index contributed by atoms with van der Waals surface area (Å²) in [5.74, 6) is 1.44. The van der Waals surface area contributed by atoms with Gasteiger partial charge in [0.1, 0.15) is 5.78 Å². The van der Waals surface area contributed by atoms with Gasteiger partial charge < -0.3 is 0 Å². The second-order valence-electron chi connectivity index (χ2n) is 6.33. The fourth-order valence-electron chi connectivity index (χ4n) is 3.18. The topological polar surface area (TPSA) is 34.9 Å². The van der Waals surface area contributed by atoms with Crippen LogP contribution in [0.4, 0.5) is 0 Å². The molecule has 3 nitrogen and oxygen atoms in total. The number of hydrogen-bond acceptors (Lipinski definition) is 2. The molecule has 0 bridgehead atoms. The Morgan fingerprint density at radius 2 is 2.25 bits per heavy atom. The normalized spacial score (nSPS) is 24.6. The predicted molar refractivity (Wildman–Crippen MR) is 81.7 cm³/mol. The third kappa shape index (κ3) is 3.71. The molecule has 3 heteroatoms. The van der Waals surface area contributed by atoms with Crippen LogP contribution in [0.15, 0.2) is 12.3 Å². The third-order valence-electron chi connectivity index (χ3n) is 4.88. The number of ketones is 1. The van der Waals surface area contributed by atoms with Crippen LogP contribution in [0.25, 0.3) is 0 Å². The Labute approximate surface area is 122 Å². The first-order chi connectivity index (χ1) is 9.63. The first kappa shape index (κ1) is 15.3. The molecule has 0 saturated heterocycles. The van der Waals surface area contributed by atoms with E-state index in [2.05, 4.69) is 25.9 Å². The van der Waals surface area contributed by atoms with Crippen LogP contribution in [-0.4, -0.2) is 15.6 Å². The molecule has 1 heterocycles. The van der Waals surface area contributed by atoms with E-state index >= 15 is 0 Å². The maximum absolute atomic E-state index is 12.4. The van der Waals surface area contributed by atoms with Crippen LogP contribution in [0.5, 0.6) is 0 Å². The Hall–Kier alpha value is -1.12. The molecule has 0 radical (unpaired) electrons. The van der Waals surface area contributed by atoms with Crippen molar-refractivity contribution in [1.29, 1.82) is 0 Å². The molecule has 1 saturated carbocycles. The van der Waals surface area contributed by atoms with E-state index in [1.54, 1.807) is 0 Å². The lowest BCUT2D eigenvalue weighted by Crippen LogP contribution is -2.24. The van der Waals surface area contributed by atoms with Crippen molar-refractivity contribution in [2.45, 2.75) is 71.8 Å². The highest BCUT2D eigenvalue weighted by Crippen LogP contribution is 2.32. The van der Waals surface area contributed by atoms with Gasteiger partial charge in [-0.2, -0.15) is 5.10 Å². The van der Waals surface area contributed by atoms with Crippen molar-refractivity contribution in [2.75, 3.05) is 0 Å². The molecule has 1 aromatic rings. The first-order valence-electron chi connectivity index (χ1n) is 8.20. The van der Waals surface area contributed by atoms with Crippen LogP contribution in [0.2, 0.25) is 0 Å². The average Bonchev–Trinajstić information content (AvgIpc) is 2.95. The summed E-state index contributed by atoms with van der Waals surface area (Å²) in [4.78, 5) is 12.4. The molecular formula is C17H28N2O. The number of carbonyl (C=O) groups excluding carboxylic acids is 1.